The van der Waals surface area contributed by atoms with Gasteiger partial charge in [-0.15, -0.1) is 0 Å². The van der Waals surface area contributed by atoms with Gasteiger partial charge in [0.05, 0.1) is 0 Å². The Labute approximate surface area is 78.5 Å². The minimum Gasteiger partial charge on any atom is -0.465 e. The van der Waals surface area contributed by atoms with Crippen molar-refractivity contribution >= 4 is 6.09 Å². The monoisotopic (exact) mass is 186 g/mol. The van der Waals surface area contributed by atoms with E-state index in [1.54, 1.807) is 0 Å². The summed E-state index contributed by atoms with van der Waals surface area (Å²) < 4.78 is 0. The van der Waals surface area contributed by atoms with Crippen LogP contribution in [0.1, 0.15) is 32.6 Å². The van der Waals surface area contributed by atoms with Gasteiger partial charge in [-0.2, -0.15) is 0 Å². The molecule has 0 spiro atoms. The van der Waals surface area contributed by atoms with Crippen LogP contribution in [0.4, 0.5) is 4.79 Å². The van der Waals surface area contributed by atoms with Gasteiger partial charge in [-0.05, 0) is 32.1 Å². The number of carbonyl (C=O) groups is 1. The van der Waals surface area contributed by atoms with Crippen LogP contribution in [0, 0.1) is 5.92 Å². The quantitative estimate of drug-likeness (QED) is 0.605. The van der Waals surface area contributed by atoms with Crippen LogP contribution in [0.2, 0.25) is 0 Å². The molecule has 76 valence electrons. The molecule has 0 heterocycles. The standard InChI is InChI=1S/C9H18N2O2/c1-6(10)7-3-2-4-8(5-7)11-9(12)13/h6-8,11H,2-5,10H2,1H3,(H,12,13)/t6?,7-,8+/m1/s1. The second kappa shape index (κ2) is 4.46. The molecule has 0 radical (unpaired) electrons. The van der Waals surface area contributed by atoms with Gasteiger partial charge in [0, 0.05) is 12.1 Å². The van der Waals surface area contributed by atoms with Crippen LogP contribution >= 0.6 is 0 Å². The molecule has 0 aromatic rings. The molecule has 0 aromatic heterocycles. The molecule has 1 rings (SSSR count). The minimum atomic E-state index is -0.921. The Morgan fingerprint density at radius 2 is 2.31 bits per heavy atom. The number of hydrogen-bond acceptors (Lipinski definition) is 2. The molecule has 4 N–H and O–H groups in total. The molecule has 1 saturated carbocycles. The lowest BCUT2D eigenvalue weighted by Crippen LogP contribution is -2.41. The summed E-state index contributed by atoms with van der Waals surface area (Å²) in [6.07, 6.45) is 3.14. The van der Waals surface area contributed by atoms with Gasteiger partial charge >= 0.3 is 6.09 Å². The van der Waals surface area contributed by atoms with Gasteiger partial charge in [-0.1, -0.05) is 6.42 Å². The molecule has 1 aliphatic rings. The summed E-state index contributed by atoms with van der Waals surface area (Å²) in [7, 11) is 0. The molecule has 0 saturated heterocycles. The Morgan fingerprint density at radius 3 is 2.85 bits per heavy atom. The maximum Gasteiger partial charge on any atom is 0.404 e. The topological polar surface area (TPSA) is 75.3 Å². The maximum atomic E-state index is 10.4. The molecule has 13 heavy (non-hydrogen) atoms. The van der Waals surface area contributed by atoms with E-state index in [2.05, 4.69) is 5.32 Å². The van der Waals surface area contributed by atoms with Crippen molar-refractivity contribution in [2.24, 2.45) is 11.7 Å². The van der Waals surface area contributed by atoms with Crippen LogP contribution < -0.4 is 11.1 Å². The second-order valence-corrected chi connectivity index (χ2v) is 3.93. The minimum absolute atomic E-state index is 0.113. The molecule has 1 amide bonds. The predicted molar refractivity (Wildman–Crippen MR) is 50.6 cm³/mol. The third-order valence-corrected chi connectivity index (χ3v) is 2.79. The van der Waals surface area contributed by atoms with Crippen LogP contribution in [0.15, 0.2) is 0 Å². The number of nitrogens with one attached hydrogen (secondary N) is 1. The fraction of sp³-hybridized carbons (Fsp3) is 0.889. The Morgan fingerprint density at radius 1 is 1.62 bits per heavy atom. The van der Waals surface area contributed by atoms with Crippen molar-refractivity contribution in [1.82, 2.24) is 5.32 Å². The highest BCUT2D eigenvalue weighted by Crippen LogP contribution is 2.25. The van der Waals surface area contributed by atoms with Gasteiger partial charge in [-0.3, -0.25) is 0 Å². The summed E-state index contributed by atoms with van der Waals surface area (Å²) in [5.74, 6) is 0.477. The Kier molecular flexibility index (Phi) is 3.54. The van der Waals surface area contributed by atoms with E-state index >= 15 is 0 Å². The van der Waals surface area contributed by atoms with E-state index in [1.807, 2.05) is 6.92 Å². The van der Waals surface area contributed by atoms with E-state index < -0.39 is 6.09 Å². The summed E-state index contributed by atoms with van der Waals surface area (Å²) >= 11 is 0. The van der Waals surface area contributed by atoms with Crippen molar-refractivity contribution in [3.63, 3.8) is 0 Å². The number of hydrogen-bond donors (Lipinski definition) is 3. The Balaban J connectivity index is 2.37. The van der Waals surface area contributed by atoms with Crippen molar-refractivity contribution in [3.05, 3.63) is 0 Å². The van der Waals surface area contributed by atoms with E-state index in [4.69, 9.17) is 10.8 Å². The third-order valence-electron chi connectivity index (χ3n) is 2.79. The van der Waals surface area contributed by atoms with E-state index in [1.165, 1.54) is 0 Å². The SMILES string of the molecule is CC(N)[C@@H]1CCC[C@H](NC(=O)O)C1. The average molecular weight is 186 g/mol. The van der Waals surface area contributed by atoms with Crippen molar-refractivity contribution in [3.8, 4) is 0 Å². The summed E-state index contributed by atoms with van der Waals surface area (Å²) in [6, 6.07) is 0.292. The highest BCUT2D eigenvalue weighted by atomic mass is 16.4. The lowest BCUT2D eigenvalue weighted by atomic mass is 9.82. The van der Waals surface area contributed by atoms with Gasteiger partial charge in [0.25, 0.3) is 0 Å². The van der Waals surface area contributed by atoms with Crippen LogP contribution in [0.25, 0.3) is 0 Å². The molecule has 3 atom stereocenters. The van der Waals surface area contributed by atoms with Crippen molar-refractivity contribution < 1.29 is 9.90 Å². The molecule has 0 aliphatic heterocycles. The van der Waals surface area contributed by atoms with E-state index in [9.17, 15) is 4.79 Å². The molecule has 1 fully saturated rings. The maximum absolute atomic E-state index is 10.4. The highest BCUT2D eigenvalue weighted by molar-refractivity contribution is 5.64. The summed E-state index contributed by atoms with van der Waals surface area (Å²) in [4.78, 5) is 10.4. The van der Waals surface area contributed by atoms with Crippen LogP contribution in [-0.2, 0) is 0 Å². The zero-order valence-corrected chi connectivity index (χ0v) is 7.99. The molecular formula is C9H18N2O2. The van der Waals surface area contributed by atoms with Gasteiger partial charge < -0.3 is 16.2 Å². The number of amides is 1. The largest absolute Gasteiger partial charge is 0.465 e. The van der Waals surface area contributed by atoms with Gasteiger partial charge in [-0.25, -0.2) is 4.79 Å². The first-order chi connectivity index (χ1) is 6.09. The predicted octanol–water partition coefficient (Wildman–Crippen LogP) is 1.16. The first-order valence-corrected chi connectivity index (χ1v) is 4.84. The first kappa shape index (κ1) is 10.3. The van der Waals surface area contributed by atoms with Gasteiger partial charge in [0.15, 0.2) is 0 Å². The summed E-state index contributed by atoms with van der Waals surface area (Å²) in [5, 5.41) is 11.1. The lowest BCUT2D eigenvalue weighted by Gasteiger charge is -2.31. The van der Waals surface area contributed by atoms with Crippen LogP contribution in [0.3, 0.4) is 0 Å². The molecular weight excluding hydrogens is 168 g/mol. The molecule has 1 unspecified atom stereocenters. The molecule has 1 aliphatic carbocycles. The van der Waals surface area contributed by atoms with E-state index in [0.717, 1.165) is 25.7 Å². The van der Waals surface area contributed by atoms with Crippen LogP contribution in [0.5, 0.6) is 0 Å². The summed E-state index contributed by atoms with van der Waals surface area (Å²) in [5.41, 5.74) is 5.78. The van der Waals surface area contributed by atoms with E-state index in [0.29, 0.717) is 5.92 Å². The van der Waals surface area contributed by atoms with Gasteiger partial charge in [0.1, 0.15) is 0 Å². The fourth-order valence-electron chi connectivity index (χ4n) is 2.01. The summed E-state index contributed by atoms with van der Waals surface area (Å²) in [6.45, 7) is 1.99. The highest BCUT2D eigenvalue weighted by Gasteiger charge is 2.25. The van der Waals surface area contributed by atoms with Crippen molar-refractivity contribution in [2.75, 3.05) is 0 Å². The first-order valence-electron chi connectivity index (χ1n) is 4.84. The smallest absolute Gasteiger partial charge is 0.404 e. The van der Waals surface area contributed by atoms with Gasteiger partial charge in [0.2, 0.25) is 0 Å². The number of rotatable bonds is 2. The number of nitrogens with two attached hydrogens (primary N) is 1. The molecule has 0 bridgehead atoms. The van der Waals surface area contributed by atoms with Crippen LogP contribution in [-0.4, -0.2) is 23.3 Å². The molecule has 0 aromatic carbocycles. The van der Waals surface area contributed by atoms with Crippen molar-refractivity contribution in [2.45, 2.75) is 44.7 Å². The average Bonchev–Trinajstić information content (AvgIpc) is 2.03. The third kappa shape index (κ3) is 3.22. The Bertz CT molecular complexity index is 182. The zero-order valence-electron chi connectivity index (χ0n) is 7.99. The van der Waals surface area contributed by atoms with E-state index in [-0.39, 0.29) is 12.1 Å². The second-order valence-electron chi connectivity index (χ2n) is 3.93. The number of carboxylic acid groups (broad SMARTS) is 1. The molecule has 4 nitrogen and oxygen atoms in total. The Hall–Kier alpha value is -0.770. The molecule has 4 heteroatoms. The zero-order chi connectivity index (χ0) is 9.84. The van der Waals surface area contributed by atoms with Crippen molar-refractivity contribution in [1.29, 1.82) is 0 Å². The lowest BCUT2D eigenvalue weighted by molar-refractivity contribution is 0.179. The fourth-order valence-corrected chi connectivity index (χ4v) is 2.01. The normalized spacial score (nSPS) is 30.9.